The molecule has 0 fully saturated rings. The number of unbranched alkanes of at least 4 members (excludes halogenated alkanes) is 39. The summed E-state index contributed by atoms with van der Waals surface area (Å²) in [6.45, 7) is 14.1. The first kappa shape index (κ1) is 93.1. The average molecular weight is 1400 g/mol. The van der Waals surface area contributed by atoms with E-state index < -0.39 is 97.5 Å². The Morgan fingerprint density at radius 2 is 0.442 bits per heavy atom. The molecule has 17 nitrogen and oxygen atoms in total. The number of carbonyl (C=O) groups excluding carboxylic acids is 4. The van der Waals surface area contributed by atoms with Gasteiger partial charge in [0.05, 0.1) is 26.4 Å². The Labute approximate surface area is 581 Å². The molecule has 0 aromatic heterocycles. The Bertz CT molecular complexity index is 1870. The number of phosphoric acid groups is 2. The van der Waals surface area contributed by atoms with Gasteiger partial charge in [0.15, 0.2) is 12.2 Å². The highest BCUT2D eigenvalue weighted by atomic mass is 31.2. The van der Waals surface area contributed by atoms with E-state index in [-0.39, 0.29) is 25.7 Å². The monoisotopic (exact) mass is 1400 g/mol. The van der Waals surface area contributed by atoms with Crippen LogP contribution in [0.15, 0.2) is 0 Å². The quantitative estimate of drug-likeness (QED) is 0.0222. The van der Waals surface area contributed by atoms with Crippen molar-refractivity contribution in [2.45, 2.75) is 401 Å². The van der Waals surface area contributed by atoms with Crippen LogP contribution in [0.1, 0.15) is 383 Å². The third-order valence-electron chi connectivity index (χ3n) is 17.6. The Morgan fingerprint density at radius 1 is 0.263 bits per heavy atom. The zero-order valence-corrected chi connectivity index (χ0v) is 64.1. The van der Waals surface area contributed by atoms with Crippen LogP contribution in [0.3, 0.4) is 0 Å². The summed E-state index contributed by atoms with van der Waals surface area (Å²) in [6.07, 6.45) is 50.2. The fraction of sp³-hybridized carbons (Fsp3) is 0.947. The summed E-state index contributed by atoms with van der Waals surface area (Å²) < 4.78 is 68.5. The molecule has 0 aliphatic heterocycles. The van der Waals surface area contributed by atoms with Gasteiger partial charge < -0.3 is 33.8 Å². The van der Waals surface area contributed by atoms with Gasteiger partial charge in [-0.25, -0.2) is 9.13 Å². The van der Waals surface area contributed by atoms with Crippen LogP contribution in [0.25, 0.3) is 0 Å². The fourth-order valence-electron chi connectivity index (χ4n) is 11.6. The van der Waals surface area contributed by atoms with Crippen LogP contribution in [-0.2, 0) is 65.4 Å². The van der Waals surface area contributed by atoms with Crippen molar-refractivity contribution in [2.24, 2.45) is 23.7 Å². The van der Waals surface area contributed by atoms with E-state index in [0.29, 0.717) is 31.6 Å². The summed E-state index contributed by atoms with van der Waals surface area (Å²) in [6, 6.07) is 0. The molecule has 3 N–H and O–H groups in total. The molecule has 0 aromatic rings. The lowest BCUT2D eigenvalue weighted by Crippen LogP contribution is -2.30. The van der Waals surface area contributed by atoms with E-state index in [9.17, 15) is 43.2 Å². The van der Waals surface area contributed by atoms with Gasteiger partial charge in [-0.05, 0) is 49.4 Å². The first-order valence-electron chi connectivity index (χ1n) is 39.2. The third kappa shape index (κ3) is 70.3. The first-order chi connectivity index (χ1) is 45.6. The van der Waals surface area contributed by atoms with E-state index in [1.54, 1.807) is 0 Å². The molecule has 0 amide bonds. The molecule has 5 atom stereocenters. The van der Waals surface area contributed by atoms with Crippen LogP contribution >= 0.6 is 15.6 Å². The predicted octanol–water partition coefficient (Wildman–Crippen LogP) is 22.0. The lowest BCUT2D eigenvalue weighted by atomic mass is 10.0. The molecule has 564 valence electrons. The standard InChI is InChI=1S/C76H148O17P2/c1-66(2)52-44-36-28-21-17-15-13-11-9-10-12-14-16-18-23-33-42-50-58-75(80)92-71(62-86-73(78)56-48-40-32-26-25-30-38-46-54-68(5)6)64-90-94(82,83)88-60-70(77)61-89-95(84,85)91-65-72(63-87-74(79)57-49-41-35-27-31-39-47-55-69(7)8)93-76(81)59-51-43-34-24-20-19-22-29-37-45-53-67(3)4/h66-72,77H,9-65H2,1-8H3,(H,82,83)(H,84,85)/t70?,71-,72-/m1/s1. The molecule has 0 saturated carbocycles. The SMILES string of the molecule is CC(C)CCCCCCCCCCCCCCCCCCCCC(=O)O[C@H](COC(=O)CCCCCCCCCCC(C)C)COP(=O)(O)OCC(O)COP(=O)(O)OC[C@@H](COC(=O)CCCCCCCCCC(C)C)OC(=O)CCCCCCCCCCCCC(C)C. The van der Waals surface area contributed by atoms with Crippen molar-refractivity contribution in [3.8, 4) is 0 Å². The molecule has 0 aliphatic rings. The summed E-state index contributed by atoms with van der Waals surface area (Å²) >= 11 is 0. The van der Waals surface area contributed by atoms with Crippen LogP contribution in [0.2, 0.25) is 0 Å². The van der Waals surface area contributed by atoms with E-state index in [1.165, 1.54) is 180 Å². The van der Waals surface area contributed by atoms with Gasteiger partial charge in [0.25, 0.3) is 0 Å². The van der Waals surface area contributed by atoms with Crippen molar-refractivity contribution < 1.29 is 80.2 Å². The summed E-state index contributed by atoms with van der Waals surface area (Å²) in [5.41, 5.74) is 0. The summed E-state index contributed by atoms with van der Waals surface area (Å²) in [5, 5.41) is 10.6. The number of phosphoric ester groups is 2. The second-order valence-corrected chi connectivity index (χ2v) is 32.2. The van der Waals surface area contributed by atoms with Gasteiger partial charge in [-0.1, -0.05) is 331 Å². The molecule has 0 aromatic carbocycles. The first-order valence-corrected chi connectivity index (χ1v) is 42.2. The number of carbonyl (C=O) groups is 4. The maximum absolute atomic E-state index is 13.1. The lowest BCUT2D eigenvalue weighted by molar-refractivity contribution is -0.161. The van der Waals surface area contributed by atoms with Crippen molar-refractivity contribution >= 4 is 39.5 Å². The molecule has 0 radical (unpaired) electrons. The van der Waals surface area contributed by atoms with Crippen LogP contribution in [-0.4, -0.2) is 96.7 Å². The minimum Gasteiger partial charge on any atom is -0.462 e. The van der Waals surface area contributed by atoms with E-state index in [2.05, 4.69) is 55.4 Å². The van der Waals surface area contributed by atoms with Gasteiger partial charge in [0.1, 0.15) is 19.3 Å². The second kappa shape index (κ2) is 65.4. The maximum Gasteiger partial charge on any atom is 0.472 e. The molecule has 0 aliphatic carbocycles. The minimum absolute atomic E-state index is 0.105. The minimum atomic E-state index is -4.96. The number of esters is 4. The number of hydrogen-bond donors (Lipinski definition) is 3. The molecule has 0 bridgehead atoms. The molecule has 0 saturated heterocycles. The predicted molar refractivity (Wildman–Crippen MR) is 386 cm³/mol. The largest absolute Gasteiger partial charge is 0.472 e. The zero-order valence-electron chi connectivity index (χ0n) is 62.3. The van der Waals surface area contributed by atoms with E-state index >= 15 is 0 Å². The summed E-state index contributed by atoms with van der Waals surface area (Å²) in [5.74, 6) is 0.880. The molecule has 0 rings (SSSR count). The highest BCUT2D eigenvalue weighted by Gasteiger charge is 2.30. The van der Waals surface area contributed by atoms with Crippen molar-refractivity contribution in [1.29, 1.82) is 0 Å². The molecule has 0 spiro atoms. The van der Waals surface area contributed by atoms with Gasteiger partial charge >= 0.3 is 39.5 Å². The number of aliphatic hydroxyl groups excluding tert-OH is 1. The number of rotatable bonds is 73. The van der Waals surface area contributed by atoms with E-state index in [4.69, 9.17) is 37.0 Å². The molecular formula is C76H148O17P2. The van der Waals surface area contributed by atoms with Crippen LogP contribution < -0.4 is 0 Å². The molecule has 19 heteroatoms. The Balaban J connectivity index is 5.19. The fourth-order valence-corrected chi connectivity index (χ4v) is 13.1. The van der Waals surface area contributed by atoms with Gasteiger partial charge in [-0.3, -0.25) is 37.3 Å². The van der Waals surface area contributed by atoms with Crippen molar-refractivity contribution in [3.63, 3.8) is 0 Å². The average Bonchev–Trinajstić information content (AvgIpc) is 1.77. The lowest BCUT2D eigenvalue weighted by Gasteiger charge is -2.21. The molecule has 3 unspecified atom stereocenters. The van der Waals surface area contributed by atoms with Crippen LogP contribution in [0.4, 0.5) is 0 Å². The van der Waals surface area contributed by atoms with Crippen LogP contribution in [0, 0.1) is 23.7 Å². The number of hydrogen-bond acceptors (Lipinski definition) is 15. The zero-order chi connectivity index (χ0) is 70.3. The maximum atomic E-state index is 13.1. The highest BCUT2D eigenvalue weighted by molar-refractivity contribution is 7.47. The Morgan fingerprint density at radius 3 is 0.653 bits per heavy atom. The second-order valence-electron chi connectivity index (χ2n) is 29.3. The molecule has 0 heterocycles. The highest BCUT2D eigenvalue weighted by Crippen LogP contribution is 2.45. The van der Waals surface area contributed by atoms with Gasteiger partial charge in [0, 0.05) is 25.7 Å². The van der Waals surface area contributed by atoms with Gasteiger partial charge in [-0.2, -0.15) is 0 Å². The van der Waals surface area contributed by atoms with Gasteiger partial charge in [0.2, 0.25) is 0 Å². The molecule has 95 heavy (non-hydrogen) atoms. The van der Waals surface area contributed by atoms with Crippen molar-refractivity contribution in [1.82, 2.24) is 0 Å². The third-order valence-corrected chi connectivity index (χ3v) is 19.5. The number of ether oxygens (including phenoxy) is 4. The molecular weight excluding hydrogens is 1250 g/mol. The smallest absolute Gasteiger partial charge is 0.462 e. The van der Waals surface area contributed by atoms with Crippen molar-refractivity contribution in [2.75, 3.05) is 39.6 Å². The topological polar surface area (TPSA) is 237 Å². The van der Waals surface area contributed by atoms with Gasteiger partial charge in [-0.15, -0.1) is 0 Å². The number of aliphatic hydroxyl groups is 1. The van der Waals surface area contributed by atoms with E-state index in [1.807, 2.05) is 0 Å². The summed E-state index contributed by atoms with van der Waals surface area (Å²) in [7, 11) is -9.91. The van der Waals surface area contributed by atoms with Crippen LogP contribution in [0.5, 0.6) is 0 Å². The Hall–Kier alpha value is -1.94. The van der Waals surface area contributed by atoms with Crippen molar-refractivity contribution in [3.05, 3.63) is 0 Å². The Kier molecular flexibility index (Phi) is 64.0. The van der Waals surface area contributed by atoms with E-state index in [0.717, 1.165) is 114 Å². The summed E-state index contributed by atoms with van der Waals surface area (Å²) in [4.78, 5) is 72.7. The normalized spacial score (nSPS) is 14.1.